The number of rotatable bonds is 9. The first-order chi connectivity index (χ1) is 11.3. The molecule has 0 aliphatic carbocycles. The van der Waals surface area contributed by atoms with Crippen LogP contribution in [0.2, 0.25) is 0 Å². The number of nitrogens with zero attached hydrogens (tertiary/aromatic N) is 1. The van der Waals surface area contributed by atoms with Gasteiger partial charge in [0.05, 0.1) is 5.56 Å². The lowest BCUT2D eigenvalue weighted by molar-refractivity contribution is 0.0509. The number of benzene rings is 2. The molecule has 2 aromatic carbocycles. The van der Waals surface area contributed by atoms with E-state index in [0.717, 1.165) is 35.6 Å². The van der Waals surface area contributed by atoms with Crippen molar-refractivity contribution in [2.45, 2.75) is 51.9 Å². The number of unbranched alkanes of at least 4 members (excludes halogenated alkanes) is 5. The van der Waals surface area contributed by atoms with Crippen LogP contribution >= 0.6 is 0 Å². The van der Waals surface area contributed by atoms with E-state index in [9.17, 15) is 9.70 Å². The van der Waals surface area contributed by atoms with Crippen molar-refractivity contribution in [2.75, 3.05) is 0 Å². The van der Waals surface area contributed by atoms with E-state index in [1.807, 2.05) is 36.4 Å². The van der Waals surface area contributed by atoms with Gasteiger partial charge in [0.25, 0.3) is 0 Å². The van der Waals surface area contributed by atoms with Crippen LogP contribution in [0.5, 0.6) is 0 Å². The second-order valence-corrected chi connectivity index (χ2v) is 5.79. The molecule has 23 heavy (non-hydrogen) atoms. The molecular weight excluding hydrogens is 290 g/mol. The Balaban J connectivity index is 2.16. The molecule has 0 aliphatic heterocycles. The van der Waals surface area contributed by atoms with Crippen molar-refractivity contribution in [3.8, 4) is 0 Å². The average molecular weight is 313 g/mol. The fraction of sp³-hybridized carbons (Fsp3) is 0.421. The fourth-order valence-corrected chi connectivity index (χ4v) is 2.94. The highest BCUT2D eigenvalue weighted by molar-refractivity contribution is 6.05. The van der Waals surface area contributed by atoms with Gasteiger partial charge < -0.3 is 0 Å². The van der Waals surface area contributed by atoms with Crippen LogP contribution in [0.3, 0.4) is 0 Å². The smallest absolute Gasteiger partial charge is 0.279 e. The molecule has 4 nitrogen and oxygen atoms in total. The Morgan fingerprint density at radius 3 is 2.52 bits per heavy atom. The van der Waals surface area contributed by atoms with Crippen LogP contribution in [0.1, 0.15) is 61.4 Å². The molecule has 0 saturated heterocycles. The van der Waals surface area contributed by atoms with Gasteiger partial charge in [-0.05, 0) is 29.2 Å². The highest BCUT2D eigenvalue weighted by Gasteiger charge is 2.17. The molecule has 2 rings (SSSR count). The third-order valence-corrected chi connectivity index (χ3v) is 4.14. The molecule has 0 amide bonds. The van der Waals surface area contributed by atoms with E-state index in [1.54, 1.807) is 0 Å². The maximum absolute atomic E-state index is 12.1. The molecule has 0 saturated carbocycles. The lowest BCUT2D eigenvalue weighted by Gasteiger charge is -2.10. The lowest BCUT2D eigenvalue weighted by Crippen LogP contribution is -2.06. The predicted octanol–water partition coefficient (Wildman–Crippen LogP) is 5.58. The molecular formula is C19H23NO3. The first kappa shape index (κ1) is 17.1. The second-order valence-electron chi connectivity index (χ2n) is 5.79. The van der Waals surface area contributed by atoms with Crippen LogP contribution < -0.4 is 0 Å². The van der Waals surface area contributed by atoms with Gasteiger partial charge in [0, 0.05) is 0 Å². The molecule has 0 spiro atoms. The summed E-state index contributed by atoms with van der Waals surface area (Å²) >= 11 is 0. The largest absolute Gasteiger partial charge is 0.370 e. The normalized spacial score (nSPS) is 10.7. The third kappa shape index (κ3) is 4.62. The van der Waals surface area contributed by atoms with E-state index in [0.29, 0.717) is 5.56 Å². The van der Waals surface area contributed by atoms with Gasteiger partial charge in [-0.1, -0.05) is 75.4 Å². The van der Waals surface area contributed by atoms with Gasteiger partial charge >= 0.3 is 5.97 Å². The van der Waals surface area contributed by atoms with Crippen LogP contribution in [-0.4, -0.2) is 5.97 Å². The molecule has 0 radical (unpaired) electrons. The Bertz CT molecular complexity index is 667. The number of hydrogen-bond acceptors (Lipinski definition) is 4. The topological polar surface area (TPSA) is 55.7 Å². The van der Waals surface area contributed by atoms with Crippen LogP contribution in [0.4, 0.5) is 0 Å². The minimum atomic E-state index is -0.669. The highest BCUT2D eigenvalue weighted by atomic mass is 16.7. The number of hydrogen-bond donors (Lipinski definition) is 0. The zero-order valence-electron chi connectivity index (χ0n) is 13.6. The quantitative estimate of drug-likeness (QED) is 0.345. The van der Waals surface area contributed by atoms with E-state index in [4.69, 9.17) is 0 Å². The SMILES string of the molecule is CCCCCCCCc1ccc2ccccc2c1C(=O)ON=O. The van der Waals surface area contributed by atoms with Gasteiger partial charge in [-0.15, -0.1) is 4.91 Å². The maximum atomic E-state index is 12.1. The van der Waals surface area contributed by atoms with Crippen LogP contribution in [-0.2, 0) is 11.3 Å². The monoisotopic (exact) mass is 313 g/mol. The summed E-state index contributed by atoms with van der Waals surface area (Å²) in [6, 6.07) is 11.6. The van der Waals surface area contributed by atoms with E-state index >= 15 is 0 Å². The molecule has 2 aromatic rings. The Morgan fingerprint density at radius 1 is 1.00 bits per heavy atom. The zero-order chi connectivity index (χ0) is 16.5. The van der Waals surface area contributed by atoms with Crippen LogP contribution in [0.25, 0.3) is 10.8 Å². The zero-order valence-corrected chi connectivity index (χ0v) is 13.6. The summed E-state index contributed by atoms with van der Waals surface area (Å²) in [4.78, 5) is 26.8. The van der Waals surface area contributed by atoms with Crippen LogP contribution in [0.15, 0.2) is 41.7 Å². The van der Waals surface area contributed by atoms with E-state index < -0.39 is 5.97 Å². The van der Waals surface area contributed by atoms with Gasteiger partial charge in [0.15, 0.2) is 5.34 Å². The molecule has 122 valence electrons. The second kappa shape index (κ2) is 9.03. The molecule has 0 aliphatic rings. The van der Waals surface area contributed by atoms with Crippen molar-refractivity contribution in [3.05, 3.63) is 52.4 Å². The Hall–Kier alpha value is -2.23. The van der Waals surface area contributed by atoms with Gasteiger partial charge in [0.2, 0.25) is 0 Å². The minimum Gasteiger partial charge on any atom is -0.279 e. The summed E-state index contributed by atoms with van der Waals surface area (Å²) in [5, 5.41) is 4.06. The molecule has 0 atom stereocenters. The average Bonchev–Trinajstić information content (AvgIpc) is 2.57. The molecule has 0 heterocycles. The first-order valence-corrected chi connectivity index (χ1v) is 8.32. The fourth-order valence-electron chi connectivity index (χ4n) is 2.94. The Kier molecular flexibility index (Phi) is 6.73. The molecule has 4 heteroatoms. The van der Waals surface area contributed by atoms with E-state index in [-0.39, 0.29) is 0 Å². The van der Waals surface area contributed by atoms with Crippen molar-refractivity contribution in [1.29, 1.82) is 0 Å². The Morgan fingerprint density at radius 2 is 1.74 bits per heavy atom. The van der Waals surface area contributed by atoms with Gasteiger partial charge in [-0.2, -0.15) is 0 Å². The lowest BCUT2D eigenvalue weighted by atomic mass is 9.95. The van der Waals surface area contributed by atoms with Crippen molar-refractivity contribution < 1.29 is 9.63 Å². The number of carbonyl (C=O) groups excluding carboxylic acids is 1. The summed E-state index contributed by atoms with van der Waals surface area (Å²) in [5.74, 6) is -0.669. The number of carbonyl (C=O) groups is 1. The maximum Gasteiger partial charge on any atom is 0.370 e. The molecule has 0 N–H and O–H groups in total. The molecule has 0 aromatic heterocycles. The summed E-state index contributed by atoms with van der Waals surface area (Å²) in [7, 11) is 0. The Labute approximate surface area is 136 Å². The standard InChI is InChI=1S/C19H23NO3/c1-2-3-4-5-6-7-11-16-14-13-15-10-8-9-12-17(15)18(16)19(21)23-20-22/h8-10,12-14H,2-7,11H2,1H3. The van der Waals surface area contributed by atoms with Crippen molar-refractivity contribution in [2.24, 2.45) is 5.34 Å². The van der Waals surface area contributed by atoms with Crippen molar-refractivity contribution >= 4 is 16.7 Å². The molecule has 0 unspecified atom stereocenters. The predicted molar refractivity (Wildman–Crippen MR) is 92.2 cm³/mol. The van der Waals surface area contributed by atoms with Crippen LogP contribution in [0, 0.1) is 4.91 Å². The summed E-state index contributed by atoms with van der Waals surface area (Å²) in [6.07, 6.45) is 7.97. The van der Waals surface area contributed by atoms with E-state index in [2.05, 4.69) is 17.1 Å². The summed E-state index contributed by atoms with van der Waals surface area (Å²) < 4.78 is 0. The van der Waals surface area contributed by atoms with Crippen molar-refractivity contribution in [1.82, 2.24) is 0 Å². The number of aryl methyl sites for hydroxylation is 1. The first-order valence-electron chi connectivity index (χ1n) is 8.32. The molecule has 0 fully saturated rings. The highest BCUT2D eigenvalue weighted by Crippen LogP contribution is 2.25. The summed E-state index contributed by atoms with van der Waals surface area (Å²) in [6.45, 7) is 2.20. The van der Waals surface area contributed by atoms with Gasteiger partial charge in [0.1, 0.15) is 0 Å². The van der Waals surface area contributed by atoms with E-state index in [1.165, 1.54) is 25.7 Å². The number of fused-ring (bicyclic) bond motifs is 1. The molecule has 0 bridgehead atoms. The summed E-state index contributed by atoms with van der Waals surface area (Å²) in [5.41, 5.74) is 1.39. The van der Waals surface area contributed by atoms with Crippen molar-refractivity contribution in [3.63, 3.8) is 0 Å². The third-order valence-electron chi connectivity index (χ3n) is 4.14. The van der Waals surface area contributed by atoms with Gasteiger partial charge in [-0.25, -0.2) is 4.79 Å². The van der Waals surface area contributed by atoms with Gasteiger partial charge in [-0.3, -0.25) is 4.84 Å². The minimum absolute atomic E-state index is 0.469.